The van der Waals surface area contributed by atoms with Crippen molar-refractivity contribution in [2.24, 2.45) is 0 Å². The van der Waals surface area contributed by atoms with Crippen molar-refractivity contribution in [1.29, 1.82) is 0 Å². The zero-order valence-corrected chi connectivity index (χ0v) is 19.4. The Morgan fingerprint density at radius 3 is 2.30 bits per heavy atom. The van der Waals surface area contributed by atoms with E-state index >= 15 is 0 Å². The summed E-state index contributed by atoms with van der Waals surface area (Å²) < 4.78 is 28.3. The average Bonchev–Trinajstić information content (AvgIpc) is 3.08. The molecule has 7 heteroatoms. The summed E-state index contributed by atoms with van der Waals surface area (Å²) in [4.78, 5) is 4.50. The Bertz CT molecular complexity index is 1280. The normalized spacial score (nSPS) is 11.2. The number of phenolic OH excluding ortho intramolecular Hbond substituents is 1. The third-order valence-corrected chi connectivity index (χ3v) is 6.45. The maximum atomic E-state index is 13.2. The summed E-state index contributed by atoms with van der Waals surface area (Å²) >= 11 is 3.39. The summed E-state index contributed by atoms with van der Waals surface area (Å²) in [5.41, 5.74) is 2.41. The van der Waals surface area contributed by atoms with Crippen LogP contribution < -0.4 is 0 Å². The molecule has 0 aliphatic rings. The summed E-state index contributed by atoms with van der Waals surface area (Å²) in [6.07, 6.45) is 4.31. The number of halogens is 1. The highest BCUT2D eigenvalue weighted by atomic mass is 79.9. The lowest BCUT2D eigenvalue weighted by atomic mass is 10.1. The zero-order valence-electron chi connectivity index (χ0n) is 17.0. The highest BCUT2D eigenvalue weighted by Crippen LogP contribution is 2.37. The van der Waals surface area contributed by atoms with Crippen molar-refractivity contribution in [1.82, 2.24) is 8.96 Å². The second kappa shape index (κ2) is 9.02. The van der Waals surface area contributed by atoms with E-state index in [1.807, 2.05) is 6.92 Å². The highest BCUT2D eigenvalue weighted by molar-refractivity contribution is 9.10. The molecule has 0 atom stereocenters. The van der Waals surface area contributed by atoms with Crippen molar-refractivity contribution in [2.75, 3.05) is 0 Å². The van der Waals surface area contributed by atoms with Crippen LogP contribution in [0.25, 0.3) is 22.2 Å². The van der Waals surface area contributed by atoms with Crippen molar-refractivity contribution in [3.05, 3.63) is 77.0 Å². The number of fused-ring (bicyclic) bond motifs is 1. The molecule has 0 aliphatic heterocycles. The van der Waals surface area contributed by atoms with E-state index in [9.17, 15) is 13.5 Å². The number of hydrogen-bond donors (Lipinski definition) is 1. The molecule has 0 saturated carbocycles. The molecule has 0 fully saturated rings. The number of aryl methyl sites for hydroxylation is 1. The molecule has 156 valence electrons. The number of aromatic hydroxyl groups is 1. The SMILES string of the molecule is CCC.Cc1ccc(S(=O)(=O)n2cc(-c3ccccc3O)c3cc(Br)cnc32)cc1. The molecule has 0 bridgehead atoms. The van der Waals surface area contributed by atoms with Gasteiger partial charge in [0.15, 0.2) is 5.65 Å². The van der Waals surface area contributed by atoms with Crippen molar-refractivity contribution in [3.63, 3.8) is 0 Å². The fraction of sp³-hybridized carbons (Fsp3) is 0.174. The number of pyridine rings is 1. The predicted molar refractivity (Wildman–Crippen MR) is 124 cm³/mol. The van der Waals surface area contributed by atoms with Gasteiger partial charge >= 0.3 is 0 Å². The van der Waals surface area contributed by atoms with Crippen molar-refractivity contribution >= 4 is 37.0 Å². The van der Waals surface area contributed by atoms with Crippen LogP contribution >= 0.6 is 15.9 Å². The van der Waals surface area contributed by atoms with Gasteiger partial charge in [-0.3, -0.25) is 0 Å². The van der Waals surface area contributed by atoms with Crippen LogP contribution in [-0.2, 0) is 10.0 Å². The maximum absolute atomic E-state index is 13.2. The van der Waals surface area contributed by atoms with Crippen LogP contribution in [-0.4, -0.2) is 22.5 Å². The largest absolute Gasteiger partial charge is 0.507 e. The van der Waals surface area contributed by atoms with Gasteiger partial charge in [-0.05, 0) is 47.1 Å². The predicted octanol–water partition coefficient (Wildman–Crippen LogP) is 6.13. The number of hydrogen-bond acceptors (Lipinski definition) is 4. The molecule has 4 rings (SSSR count). The Labute approximate surface area is 185 Å². The maximum Gasteiger partial charge on any atom is 0.269 e. The fourth-order valence-electron chi connectivity index (χ4n) is 2.98. The van der Waals surface area contributed by atoms with Gasteiger partial charge in [-0.15, -0.1) is 0 Å². The molecule has 5 nitrogen and oxygen atoms in total. The van der Waals surface area contributed by atoms with Gasteiger partial charge < -0.3 is 5.11 Å². The number of phenols is 1. The highest BCUT2D eigenvalue weighted by Gasteiger charge is 2.23. The molecule has 2 aromatic carbocycles. The standard InChI is InChI=1S/C20H15BrN2O3S.C3H8/c1-13-6-8-15(9-7-13)27(25,26)23-12-18(16-4-2-3-5-19(16)24)17-10-14(21)11-22-20(17)23;1-3-2/h2-12,24H,1H3;3H2,1-2H3. The summed E-state index contributed by atoms with van der Waals surface area (Å²) in [5, 5.41) is 10.9. The minimum atomic E-state index is -3.84. The first kappa shape index (κ1) is 22.1. The number of benzene rings is 2. The monoisotopic (exact) mass is 486 g/mol. The summed E-state index contributed by atoms with van der Waals surface area (Å²) in [7, 11) is -3.84. The molecule has 2 aromatic heterocycles. The second-order valence-corrected chi connectivity index (χ2v) is 9.64. The van der Waals surface area contributed by atoms with Gasteiger partial charge in [-0.1, -0.05) is 56.2 Å². The van der Waals surface area contributed by atoms with Gasteiger partial charge in [-0.2, -0.15) is 0 Å². The lowest BCUT2D eigenvalue weighted by Gasteiger charge is -2.07. The van der Waals surface area contributed by atoms with Gasteiger partial charge in [-0.25, -0.2) is 17.4 Å². The third kappa shape index (κ3) is 4.27. The van der Waals surface area contributed by atoms with Crippen LogP contribution in [0, 0.1) is 6.92 Å². The van der Waals surface area contributed by atoms with Crippen LogP contribution in [0.4, 0.5) is 0 Å². The molecule has 0 amide bonds. The molecular formula is C23H23BrN2O3S. The number of rotatable bonds is 3. The van der Waals surface area contributed by atoms with Crippen LogP contribution in [0.2, 0.25) is 0 Å². The Hall–Kier alpha value is -2.64. The fourth-order valence-corrected chi connectivity index (χ4v) is 4.63. The quantitative estimate of drug-likeness (QED) is 0.377. The zero-order chi connectivity index (χ0) is 21.9. The Kier molecular flexibility index (Phi) is 6.63. The number of para-hydroxylation sites is 1. The van der Waals surface area contributed by atoms with E-state index in [4.69, 9.17) is 0 Å². The molecule has 0 aliphatic carbocycles. The van der Waals surface area contributed by atoms with Crippen LogP contribution in [0.3, 0.4) is 0 Å². The minimum absolute atomic E-state index is 0.0734. The smallest absolute Gasteiger partial charge is 0.269 e. The van der Waals surface area contributed by atoms with Crippen molar-refractivity contribution < 1.29 is 13.5 Å². The van der Waals surface area contributed by atoms with Gasteiger partial charge in [0, 0.05) is 33.4 Å². The molecule has 1 N–H and O–H groups in total. The lowest BCUT2D eigenvalue weighted by molar-refractivity contribution is 0.477. The Morgan fingerprint density at radius 1 is 1.03 bits per heavy atom. The topological polar surface area (TPSA) is 72.2 Å². The lowest BCUT2D eigenvalue weighted by Crippen LogP contribution is -2.12. The van der Waals surface area contributed by atoms with Gasteiger partial charge in [0.2, 0.25) is 0 Å². The molecule has 2 heterocycles. The summed E-state index contributed by atoms with van der Waals surface area (Å²) in [5.74, 6) is 0.0734. The first-order chi connectivity index (χ1) is 14.3. The first-order valence-electron chi connectivity index (χ1n) is 9.56. The molecular weight excluding hydrogens is 464 g/mol. The van der Waals surface area contributed by atoms with Crippen molar-refractivity contribution in [3.8, 4) is 16.9 Å². The summed E-state index contributed by atoms with van der Waals surface area (Å²) in [6, 6.07) is 15.3. The Balaban J connectivity index is 0.000000806. The van der Waals surface area contributed by atoms with Crippen LogP contribution in [0.15, 0.2) is 76.4 Å². The van der Waals surface area contributed by atoms with Gasteiger partial charge in [0.05, 0.1) is 4.90 Å². The minimum Gasteiger partial charge on any atom is -0.507 e. The summed E-state index contributed by atoms with van der Waals surface area (Å²) in [6.45, 7) is 6.15. The number of nitrogens with zero attached hydrogens (tertiary/aromatic N) is 2. The Morgan fingerprint density at radius 2 is 1.67 bits per heavy atom. The van der Waals surface area contributed by atoms with Crippen LogP contribution in [0.1, 0.15) is 25.8 Å². The van der Waals surface area contributed by atoms with E-state index in [1.165, 1.54) is 16.6 Å². The molecule has 4 aromatic rings. The van der Waals surface area contributed by atoms with Crippen molar-refractivity contribution in [2.45, 2.75) is 32.1 Å². The van der Waals surface area contributed by atoms with E-state index in [-0.39, 0.29) is 10.6 Å². The molecule has 0 unspecified atom stereocenters. The third-order valence-electron chi connectivity index (χ3n) is 4.35. The van der Waals surface area contributed by atoms with E-state index < -0.39 is 10.0 Å². The second-order valence-electron chi connectivity index (χ2n) is 6.91. The van der Waals surface area contributed by atoms with E-state index in [2.05, 4.69) is 34.8 Å². The molecule has 0 spiro atoms. The van der Waals surface area contributed by atoms with E-state index in [1.54, 1.807) is 60.8 Å². The molecule has 0 radical (unpaired) electrons. The molecule has 0 saturated heterocycles. The molecule has 30 heavy (non-hydrogen) atoms. The van der Waals surface area contributed by atoms with Gasteiger partial charge in [0.1, 0.15) is 5.75 Å². The van der Waals surface area contributed by atoms with Crippen LogP contribution in [0.5, 0.6) is 5.75 Å². The average molecular weight is 487 g/mol. The first-order valence-corrected chi connectivity index (χ1v) is 11.8. The van der Waals surface area contributed by atoms with E-state index in [0.717, 1.165) is 10.0 Å². The van der Waals surface area contributed by atoms with E-state index in [0.29, 0.717) is 22.2 Å². The van der Waals surface area contributed by atoms with Gasteiger partial charge in [0.25, 0.3) is 10.0 Å². The number of aromatic nitrogens is 2.